The van der Waals surface area contributed by atoms with Crippen molar-refractivity contribution in [1.29, 1.82) is 0 Å². The Morgan fingerprint density at radius 2 is 2.19 bits per heavy atom. The summed E-state index contributed by atoms with van der Waals surface area (Å²) < 4.78 is 10.8. The minimum absolute atomic E-state index is 0.289. The number of nitrogens with zero attached hydrogens (tertiary/aromatic N) is 2. The Hall–Kier alpha value is -2.05. The second kappa shape index (κ2) is 5.38. The Kier molecular flexibility index (Phi) is 3.57. The fourth-order valence-electron chi connectivity index (χ4n) is 2.07. The van der Waals surface area contributed by atoms with E-state index in [-0.39, 0.29) is 5.82 Å². The van der Waals surface area contributed by atoms with Gasteiger partial charge in [0, 0.05) is 16.8 Å². The lowest BCUT2D eigenvalue weighted by atomic mass is 10.0. The van der Waals surface area contributed by atoms with Gasteiger partial charge in [-0.25, -0.2) is 4.98 Å². The van der Waals surface area contributed by atoms with Gasteiger partial charge in [-0.1, -0.05) is 16.8 Å². The van der Waals surface area contributed by atoms with Gasteiger partial charge in [0.2, 0.25) is 0 Å². The number of nitrogen functional groups attached to an aromatic ring is 1. The van der Waals surface area contributed by atoms with E-state index in [1.807, 2.05) is 6.92 Å². The second-order valence-corrected chi connectivity index (χ2v) is 6.03. The maximum Gasteiger partial charge on any atom is 0.188 e. The van der Waals surface area contributed by atoms with Gasteiger partial charge < -0.3 is 15.0 Å². The van der Waals surface area contributed by atoms with E-state index >= 15 is 0 Å². The van der Waals surface area contributed by atoms with Crippen molar-refractivity contribution in [2.45, 2.75) is 6.92 Å². The molecule has 3 aromatic rings. The van der Waals surface area contributed by atoms with Crippen molar-refractivity contribution in [1.82, 2.24) is 10.1 Å². The summed E-state index contributed by atoms with van der Waals surface area (Å²) in [6.07, 6.45) is 1.74. The normalized spacial score (nSPS) is 10.8. The number of aromatic nitrogens is 2. The molecule has 0 aliphatic heterocycles. The Morgan fingerprint density at radius 3 is 2.86 bits per heavy atom. The zero-order valence-corrected chi connectivity index (χ0v) is 13.0. The Morgan fingerprint density at radius 1 is 1.38 bits per heavy atom. The molecule has 7 heteroatoms. The molecule has 0 aliphatic rings. The van der Waals surface area contributed by atoms with E-state index in [1.165, 1.54) is 11.3 Å². The molecule has 0 fully saturated rings. The number of rotatable bonds is 3. The van der Waals surface area contributed by atoms with Crippen LogP contribution in [0.4, 0.5) is 5.82 Å². The van der Waals surface area contributed by atoms with Crippen LogP contribution in [0.25, 0.3) is 21.8 Å². The first-order valence-corrected chi connectivity index (χ1v) is 7.31. The fourth-order valence-corrected chi connectivity index (χ4v) is 3.01. The van der Waals surface area contributed by atoms with Crippen LogP contribution in [0, 0.1) is 6.92 Å². The minimum Gasteiger partial charge on any atom is -0.496 e. The molecule has 2 heterocycles. The van der Waals surface area contributed by atoms with Crippen molar-refractivity contribution in [3.63, 3.8) is 0 Å². The molecule has 0 spiro atoms. The van der Waals surface area contributed by atoms with E-state index in [4.69, 9.17) is 26.6 Å². The Labute approximate surface area is 130 Å². The Balaban J connectivity index is 2.24. The summed E-state index contributed by atoms with van der Waals surface area (Å²) in [5, 5.41) is 5.38. The summed E-state index contributed by atoms with van der Waals surface area (Å²) >= 11 is 7.59. The smallest absolute Gasteiger partial charge is 0.188 e. The van der Waals surface area contributed by atoms with Crippen molar-refractivity contribution in [2.75, 3.05) is 12.8 Å². The molecule has 0 radical (unpaired) electrons. The molecule has 3 rings (SSSR count). The molecule has 0 atom stereocenters. The lowest BCUT2D eigenvalue weighted by Crippen LogP contribution is -1.92. The van der Waals surface area contributed by atoms with Gasteiger partial charge in [-0.2, -0.15) is 0 Å². The highest BCUT2D eigenvalue weighted by Crippen LogP contribution is 2.43. The molecular formula is C14H12ClN3O2S. The number of hydrogen-bond donors (Lipinski definition) is 1. The molecule has 0 unspecified atom stereocenters. The average molecular weight is 322 g/mol. The first-order chi connectivity index (χ1) is 10.1. The van der Waals surface area contributed by atoms with Gasteiger partial charge in [0.15, 0.2) is 11.6 Å². The van der Waals surface area contributed by atoms with Gasteiger partial charge in [-0.05, 0) is 25.1 Å². The molecule has 0 amide bonds. The van der Waals surface area contributed by atoms with Crippen LogP contribution in [0.15, 0.2) is 28.9 Å². The highest BCUT2D eigenvalue weighted by molar-refractivity contribution is 7.15. The largest absolute Gasteiger partial charge is 0.496 e. The molecule has 21 heavy (non-hydrogen) atoms. The third-order valence-corrected chi connectivity index (χ3v) is 4.14. The molecule has 1 aromatic carbocycles. The van der Waals surface area contributed by atoms with E-state index in [0.29, 0.717) is 22.1 Å². The standard InChI is InChI=1S/C14H12ClN3O2S/c1-7-17-6-11(21-7)13-12(14(16)18-20-13)9-5-8(15)3-4-10(9)19-2/h3-6H,1-2H3,(H2,16,18). The van der Waals surface area contributed by atoms with Crippen molar-refractivity contribution < 1.29 is 9.26 Å². The highest BCUT2D eigenvalue weighted by atomic mass is 35.5. The molecule has 108 valence electrons. The van der Waals surface area contributed by atoms with Crippen LogP contribution in [0.3, 0.4) is 0 Å². The van der Waals surface area contributed by atoms with Crippen LogP contribution in [0.5, 0.6) is 5.75 Å². The van der Waals surface area contributed by atoms with E-state index in [9.17, 15) is 0 Å². The summed E-state index contributed by atoms with van der Waals surface area (Å²) in [5.74, 6) is 1.51. The molecule has 0 saturated heterocycles. The summed E-state index contributed by atoms with van der Waals surface area (Å²) in [6.45, 7) is 1.92. The number of methoxy groups -OCH3 is 1. The SMILES string of the molecule is COc1ccc(Cl)cc1-c1c(N)noc1-c1cnc(C)s1. The van der Waals surface area contributed by atoms with Crippen LogP contribution in [0.2, 0.25) is 5.02 Å². The van der Waals surface area contributed by atoms with Gasteiger partial charge in [-0.15, -0.1) is 11.3 Å². The van der Waals surface area contributed by atoms with Gasteiger partial charge >= 0.3 is 0 Å². The van der Waals surface area contributed by atoms with Crippen molar-refractivity contribution in [3.8, 4) is 27.5 Å². The third-order valence-electron chi connectivity index (χ3n) is 2.99. The fraction of sp³-hybridized carbons (Fsp3) is 0.143. The summed E-state index contributed by atoms with van der Waals surface area (Å²) in [7, 11) is 1.59. The van der Waals surface area contributed by atoms with E-state index in [2.05, 4.69) is 10.1 Å². The molecular weight excluding hydrogens is 310 g/mol. The highest BCUT2D eigenvalue weighted by Gasteiger charge is 2.22. The summed E-state index contributed by atoms with van der Waals surface area (Å²) in [6, 6.07) is 5.32. The number of halogens is 1. The third kappa shape index (κ3) is 2.48. The number of ether oxygens (including phenoxy) is 1. The van der Waals surface area contributed by atoms with Crippen LogP contribution in [0.1, 0.15) is 5.01 Å². The average Bonchev–Trinajstić information content (AvgIpc) is 3.04. The number of benzene rings is 1. The summed E-state index contributed by atoms with van der Waals surface area (Å²) in [5.41, 5.74) is 7.38. The predicted octanol–water partition coefficient (Wildman–Crippen LogP) is 4.02. The minimum atomic E-state index is 0.289. The van der Waals surface area contributed by atoms with Crippen LogP contribution in [-0.2, 0) is 0 Å². The van der Waals surface area contributed by atoms with E-state index < -0.39 is 0 Å². The van der Waals surface area contributed by atoms with Gasteiger partial charge in [-0.3, -0.25) is 0 Å². The number of thiazole rings is 1. The van der Waals surface area contributed by atoms with Crippen LogP contribution in [-0.4, -0.2) is 17.3 Å². The van der Waals surface area contributed by atoms with Crippen molar-refractivity contribution in [3.05, 3.63) is 34.4 Å². The van der Waals surface area contributed by atoms with E-state index in [0.717, 1.165) is 15.4 Å². The zero-order valence-electron chi connectivity index (χ0n) is 11.4. The van der Waals surface area contributed by atoms with Gasteiger partial charge in [0.1, 0.15) is 5.75 Å². The first-order valence-electron chi connectivity index (χ1n) is 6.12. The predicted molar refractivity (Wildman–Crippen MR) is 83.8 cm³/mol. The lowest BCUT2D eigenvalue weighted by Gasteiger charge is -2.08. The summed E-state index contributed by atoms with van der Waals surface area (Å²) in [4.78, 5) is 5.09. The molecule has 5 nitrogen and oxygen atoms in total. The maximum absolute atomic E-state index is 6.09. The molecule has 2 aromatic heterocycles. The van der Waals surface area contributed by atoms with Crippen molar-refractivity contribution >= 4 is 28.8 Å². The number of aryl methyl sites for hydroxylation is 1. The Bertz CT molecular complexity index is 797. The molecule has 0 aliphatic carbocycles. The number of nitrogens with two attached hydrogens (primary N) is 1. The first kappa shape index (κ1) is 13.9. The number of anilines is 1. The quantitative estimate of drug-likeness (QED) is 0.788. The van der Waals surface area contributed by atoms with Gasteiger partial charge in [0.25, 0.3) is 0 Å². The maximum atomic E-state index is 6.09. The van der Waals surface area contributed by atoms with E-state index in [1.54, 1.807) is 31.5 Å². The van der Waals surface area contributed by atoms with Gasteiger partial charge in [0.05, 0.1) is 22.6 Å². The topological polar surface area (TPSA) is 74.2 Å². The van der Waals surface area contributed by atoms with Crippen LogP contribution >= 0.6 is 22.9 Å². The second-order valence-electron chi connectivity index (χ2n) is 4.36. The van der Waals surface area contributed by atoms with Crippen LogP contribution < -0.4 is 10.5 Å². The van der Waals surface area contributed by atoms with Crippen molar-refractivity contribution in [2.24, 2.45) is 0 Å². The molecule has 2 N–H and O–H groups in total. The molecule has 0 bridgehead atoms. The zero-order chi connectivity index (χ0) is 15.0. The lowest BCUT2D eigenvalue weighted by molar-refractivity contribution is 0.416. The number of hydrogen-bond acceptors (Lipinski definition) is 6. The monoisotopic (exact) mass is 321 g/mol. The molecule has 0 saturated carbocycles.